The minimum Gasteiger partial charge on any atom is -0.338 e. The highest BCUT2D eigenvalue weighted by Gasteiger charge is 2.13. The minimum absolute atomic E-state index is 0.274. The van der Waals surface area contributed by atoms with E-state index in [2.05, 4.69) is 18.7 Å². The lowest BCUT2D eigenvalue weighted by Gasteiger charge is -2.12. The Morgan fingerprint density at radius 2 is 2.09 bits per heavy atom. The molecule has 68 valence electrons. The second kappa shape index (κ2) is 5.55. The molecule has 0 aliphatic heterocycles. The van der Waals surface area contributed by atoms with Crippen LogP contribution in [0.2, 0.25) is 0 Å². The van der Waals surface area contributed by atoms with Gasteiger partial charge in [0.15, 0.2) is 0 Å². The Morgan fingerprint density at radius 1 is 1.55 bits per heavy atom. The van der Waals surface area contributed by atoms with E-state index in [0.29, 0.717) is 0 Å². The lowest BCUT2D eigenvalue weighted by Crippen LogP contribution is -1.94. The molecule has 0 saturated heterocycles. The molecule has 0 aliphatic rings. The van der Waals surface area contributed by atoms with E-state index in [9.17, 15) is 0 Å². The van der Waals surface area contributed by atoms with Crippen molar-refractivity contribution in [1.82, 2.24) is 0 Å². The van der Waals surface area contributed by atoms with Crippen LogP contribution in [-0.2, 0) is 11.8 Å². The van der Waals surface area contributed by atoms with Crippen LogP contribution in [0.5, 0.6) is 0 Å². The summed E-state index contributed by atoms with van der Waals surface area (Å²) < 4.78 is 0. The van der Waals surface area contributed by atoms with E-state index in [1.54, 1.807) is 0 Å². The van der Waals surface area contributed by atoms with Gasteiger partial charge in [-0.25, -0.2) is 0 Å². The van der Waals surface area contributed by atoms with Gasteiger partial charge < -0.3 is 9.79 Å². The molecule has 5 heteroatoms. The fourth-order valence-corrected chi connectivity index (χ4v) is 4.56. The predicted molar refractivity (Wildman–Crippen MR) is 55.3 cm³/mol. The Hall–Kier alpha value is 0.920. The average Bonchev–Trinajstić information content (AvgIpc) is 1.79. The van der Waals surface area contributed by atoms with Gasteiger partial charge in [-0.05, 0) is 18.2 Å². The summed E-state index contributed by atoms with van der Waals surface area (Å²) in [6.07, 6.45) is 3.29. The maximum Gasteiger partial charge on any atom is 0.242 e. The molecule has 2 nitrogen and oxygen atoms in total. The largest absolute Gasteiger partial charge is 0.338 e. The third-order valence-electron chi connectivity index (χ3n) is 1.28. The number of rotatable bonds is 5. The van der Waals surface area contributed by atoms with Gasteiger partial charge in [-0.2, -0.15) is 0 Å². The number of hydrogen-bond acceptors (Lipinski definition) is 2. The Kier molecular flexibility index (Phi) is 6.01. The van der Waals surface area contributed by atoms with E-state index in [1.165, 1.54) is 0 Å². The monoisotopic (exact) mass is 214 g/mol. The van der Waals surface area contributed by atoms with Crippen molar-refractivity contribution in [1.29, 1.82) is 0 Å². The van der Waals surface area contributed by atoms with Crippen LogP contribution < -0.4 is 0 Å². The van der Waals surface area contributed by atoms with Crippen LogP contribution in [0.3, 0.4) is 0 Å². The summed E-state index contributed by atoms with van der Waals surface area (Å²) in [5.41, 5.74) is -3.01. The Bertz CT molecular complexity index is 146. The van der Waals surface area contributed by atoms with E-state index in [0.717, 1.165) is 30.6 Å². The summed E-state index contributed by atoms with van der Waals surface area (Å²) in [6.45, 7) is 4.10. The molecule has 11 heavy (non-hydrogen) atoms. The molecule has 1 atom stereocenters. The van der Waals surface area contributed by atoms with Crippen molar-refractivity contribution in [3.05, 3.63) is 0 Å². The second-order valence-corrected chi connectivity index (χ2v) is 8.93. The number of unbranched alkanes of at least 4 members (excludes halogenated alkanes) is 1. The van der Waals surface area contributed by atoms with Gasteiger partial charge in [0.1, 0.15) is 0 Å². The Balaban J connectivity index is 3.52. The van der Waals surface area contributed by atoms with Crippen molar-refractivity contribution in [3.63, 3.8) is 0 Å². The van der Waals surface area contributed by atoms with Crippen LogP contribution in [0.25, 0.3) is 0 Å². The zero-order chi connectivity index (χ0) is 8.91. The van der Waals surface area contributed by atoms with Gasteiger partial charge >= 0.3 is 0 Å². The fraction of sp³-hybridized carbons (Fsp3) is 1.00. The fourth-order valence-electron chi connectivity index (χ4n) is 0.779. The van der Waals surface area contributed by atoms with Crippen LogP contribution >= 0.6 is 17.1 Å². The zero-order valence-electron chi connectivity index (χ0n) is 6.86. The molecular weight excluding hydrogens is 199 g/mol. The Morgan fingerprint density at radius 3 is 2.45 bits per heavy atom. The van der Waals surface area contributed by atoms with E-state index >= 15 is 0 Å². The highest BCUT2D eigenvalue weighted by Crippen LogP contribution is 2.53. The maximum absolute atomic E-state index is 8.93. The zero-order valence-corrected chi connectivity index (χ0v) is 9.38. The lowest BCUT2D eigenvalue weighted by atomic mass is 10.2. The first-order chi connectivity index (χ1) is 4.95. The van der Waals surface area contributed by atoms with Crippen molar-refractivity contribution in [2.24, 2.45) is 0 Å². The normalized spacial score (nSPS) is 14.9. The lowest BCUT2D eigenvalue weighted by molar-refractivity contribution is 0.501. The van der Waals surface area contributed by atoms with Gasteiger partial charge in [0.25, 0.3) is 0 Å². The van der Waals surface area contributed by atoms with E-state index in [-0.39, 0.29) is 5.25 Å². The highest BCUT2D eigenvalue weighted by molar-refractivity contribution is 8.67. The molecule has 0 rings (SSSR count). The molecule has 2 N–H and O–H groups in total. The molecule has 0 aromatic rings. The third kappa shape index (κ3) is 8.83. The highest BCUT2D eigenvalue weighted by atomic mass is 32.9. The summed E-state index contributed by atoms with van der Waals surface area (Å²) in [5, 5.41) is 0.274. The molecule has 0 aromatic heterocycles. The smallest absolute Gasteiger partial charge is 0.242 e. The minimum atomic E-state index is -3.01. The van der Waals surface area contributed by atoms with Crippen LogP contribution in [-0.4, -0.2) is 15.0 Å². The molecule has 0 bridgehead atoms. The van der Waals surface area contributed by atoms with Gasteiger partial charge in [0, 0.05) is 5.25 Å². The molecule has 0 aromatic carbocycles. The average molecular weight is 214 g/mol. The summed E-state index contributed by atoms with van der Waals surface area (Å²) in [7, 11) is 0. The van der Waals surface area contributed by atoms with Gasteiger partial charge in [0.05, 0.1) is 0 Å². The molecule has 0 saturated carbocycles. The summed E-state index contributed by atoms with van der Waals surface area (Å²) in [6, 6.07) is 0. The van der Waals surface area contributed by atoms with E-state index in [1.807, 2.05) is 6.92 Å². The van der Waals surface area contributed by atoms with Crippen molar-refractivity contribution >= 4 is 28.9 Å². The summed E-state index contributed by atoms with van der Waals surface area (Å²) in [5.74, 6) is 0. The molecule has 1 unspecified atom stereocenters. The molecule has 0 spiro atoms. The quantitative estimate of drug-likeness (QED) is 0.690. The standard InChI is InChI=1S/C6H15O2PS2/c1-3-4-5-6(2)11-9(7,8)10/h6H,3-5H2,1-2H3,(H2,7,8,10). The first-order valence-electron chi connectivity index (χ1n) is 3.69. The number of hydrogen-bond donors (Lipinski definition) is 2. The summed E-state index contributed by atoms with van der Waals surface area (Å²) in [4.78, 5) is 17.9. The topological polar surface area (TPSA) is 40.5 Å². The van der Waals surface area contributed by atoms with Crippen molar-refractivity contribution in [2.75, 3.05) is 0 Å². The van der Waals surface area contributed by atoms with Crippen molar-refractivity contribution in [2.45, 2.75) is 38.4 Å². The van der Waals surface area contributed by atoms with Crippen molar-refractivity contribution in [3.8, 4) is 0 Å². The molecule has 0 heterocycles. The van der Waals surface area contributed by atoms with Gasteiger partial charge in [-0.15, -0.1) is 0 Å². The Labute approximate surface area is 77.3 Å². The molecule has 0 aliphatic carbocycles. The van der Waals surface area contributed by atoms with Crippen molar-refractivity contribution < 1.29 is 9.79 Å². The second-order valence-electron chi connectivity index (χ2n) is 2.55. The van der Waals surface area contributed by atoms with Crippen LogP contribution in [0.1, 0.15) is 33.1 Å². The molecular formula is C6H15O2PS2. The van der Waals surface area contributed by atoms with E-state index < -0.39 is 5.69 Å². The SMILES string of the molecule is CCCCC(C)SP(O)(O)=S. The first-order valence-corrected chi connectivity index (χ1v) is 7.89. The van der Waals surface area contributed by atoms with Gasteiger partial charge in [-0.3, -0.25) is 0 Å². The van der Waals surface area contributed by atoms with Crippen LogP contribution in [0.4, 0.5) is 0 Å². The van der Waals surface area contributed by atoms with Gasteiger partial charge in [-0.1, -0.05) is 38.1 Å². The van der Waals surface area contributed by atoms with Crippen LogP contribution in [0, 0.1) is 0 Å². The van der Waals surface area contributed by atoms with Crippen LogP contribution in [0.15, 0.2) is 0 Å². The predicted octanol–water partition coefficient (Wildman–Crippen LogP) is 2.51. The van der Waals surface area contributed by atoms with Gasteiger partial charge in [0.2, 0.25) is 5.69 Å². The molecule has 0 amide bonds. The molecule has 0 radical (unpaired) electrons. The van der Waals surface area contributed by atoms with E-state index in [4.69, 9.17) is 9.79 Å². The maximum atomic E-state index is 8.93. The molecule has 0 fully saturated rings. The first kappa shape index (κ1) is 11.9. The summed E-state index contributed by atoms with van der Waals surface area (Å²) >= 11 is 5.63. The third-order valence-corrected chi connectivity index (χ3v) is 4.83.